The largest absolute Gasteiger partial charge is 0.299 e. The Labute approximate surface area is 163 Å². The average molecular weight is 372 g/mol. The minimum atomic E-state index is 0.405. The summed E-state index contributed by atoms with van der Waals surface area (Å²) < 4.78 is 0. The average Bonchev–Trinajstić information content (AvgIpc) is 3.16. The van der Waals surface area contributed by atoms with Crippen LogP contribution in [0.4, 0.5) is 0 Å². The summed E-state index contributed by atoms with van der Waals surface area (Å²) in [5.74, 6) is 0. The zero-order valence-corrected chi connectivity index (χ0v) is 17.2. The van der Waals surface area contributed by atoms with E-state index in [0.29, 0.717) is 18.2 Å². The van der Waals surface area contributed by atoms with Gasteiger partial charge in [-0.25, -0.2) is 0 Å². The summed E-state index contributed by atoms with van der Waals surface area (Å²) in [6.45, 7) is 11.4. The molecule has 1 atom stereocenters. The number of thiophene rings is 1. The van der Waals surface area contributed by atoms with Crippen LogP contribution in [0, 0.1) is 0 Å². The number of nitrogens with one attached hydrogen (secondary N) is 1. The minimum absolute atomic E-state index is 0.405. The third-order valence-corrected chi connectivity index (χ3v) is 6.30. The van der Waals surface area contributed by atoms with E-state index in [2.05, 4.69) is 83.7 Å². The molecule has 1 aliphatic heterocycles. The van der Waals surface area contributed by atoms with Gasteiger partial charge in [0, 0.05) is 30.1 Å². The minimum Gasteiger partial charge on any atom is -0.299 e. The first kappa shape index (κ1) is 19.6. The molecule has 3 nitrogen and oxygen atoms in total. The fourth-order valence-electron chi connectivity index (χ4n) is 4.17. The molecule has 0 amide bonds. The molecule has 1 N–H and O–H groups in total. The van der Waals surface area contributed by atoms with Crippen molar-refractivity contribution in [3.8, 4) is 0 Å². The third-order valence-electron chi connectivity index (χ3n) is 5.42. The van der Waals surface area contributed by atoms with Gasteiger partial charge in [0.2, 0.25) is 0 Å². The Morgan fingerprint density at radius 1 is 1.08 bits per heavy atom. The van der Waals surface area contributed by atoms with Crippen molar-refractivity contribution in [2.75, 3.05) is 13.1 Å². The molecule has 142 valence electrons. The second-order valence-corrected chi connectivity index (χ2v) is 8.70. The summed E-state index contributed by atoms with van der Waals surface area (Å²) >= 11 is 1.83. The maximum Gasteiger partial charge on any atom is 0.0575 e. The van der Waals surface area contributed by atoms with Crippen LogP contribution in [-0.4, -0.2) is 41.1 Å². The van der Waals surface area contributed by atoms with E-state index in [1.807, 2.05) is 11.3 Å². The molecule has 1 saturated heterocycles. The first-order valence-corrected chi connectivity index (χ1v) is 10.8. The van der Waals surface area contributed by atoms with Crippen LogP contribution in [0.1, 0.15) is 44.1 Å². The maximum atomic E-state index is 3.74. The first-order chi connectivity index (χ1) is 12.6. The Kier molecular flexibility index (Phi) is 7.26. The Balaban J connectivity index is 1.51. The third kappa shape index (κ3) is 5.40. The van der Waals surface area contributed by atoms with E-state index >= 15 is 0 Å². The summed E-state index contributed by atoms with van der Waals surface area (Å²) in [6, 6.07) is 16.4. The van der Waals surface area contributed by atoms with Gasteiger partial charge in [-0.2, -0.15) is 0 Å². The van der Waals surface area contributed by atoms with E-state index < -0.39 is 0 Å². The summed E-state index contributed by atoms with van der Waals surface area (Å²) in [5, 5.41) is 5.89. The number of rotatable bonds is 8. The molecule has 1 fully saturated rings. The highest BCUT2D eigenvalue weighted by molar-refractivity contribution is 7.09. The standard InChI is InChI=1S/C22H33N3S/c1-18(2)25(19(3)23-16-22-10-7-15-26-22)21-11-13-24(14-12-21)17-20-8-5-4-6-9-20/h4-10,15,18-19,21,23H,11-14,16-17H2,1-3H3. The van der Waals surface area contributed by atoms with Crippen LogP contribution in [0.15, 0.2) is 47.8 Å². The predicted molar refractivity (Wildman–Crippen MR) is 112 cm³/mol. The van der Waals surface area contributed by atoms with Crippen LogP contribution < -0.4 is 5.32 Å². The molecule has 0 bridgehead atoms. The van der Waals surface area contributed by atoms with Crippen LogP contribution in [-0.2, 0) is 13.1 Å². The Hall–Kier alpha value is -1.20. The van der Waals surface area contributed by atoms with Crippen molar-refractivity contribution in [1.29, 1.82) is 0 Å². The summed E-state index contributed by atoms with van der Waals surface area (Å²) in [4.78, 5) is 6.71. The van der Waals surface area contributed by atoms with E-state index in [4.69, 9.17) is 0 Å². The van der Waals surface area contributed by atoms with Gasteiger partial charge in [-0.05, 0) is 63.7 Å². The second-order valence-electron chi connectivity index (χ2n) is 7.67. The number of piperidine rings is 1. The van der Waals surface area contributed by atoms with Crippen molar-refractivity contribution in [1.82, 2.24) is 15.1 Å². The van der Waals surface area contributed by atoms with Gasteiger partial charge in [-0.1, -0.05) is 36.4 Å². The molecule has 2 aromatic rings. The molecule has 26 heavy (non-hydrogen) atoms. The molecule has 1 aromatic heterocycles. The smallest absolute Gasteiger partial charge is 0.0575 e. The van der Waals surface area contributed by atoms with Crippen molar-refractivity contribution in [3.05, 3.63) is 58.3 Å². The summed E-state index contributed by atoms with van der Waals surface area (Å²) in [7, 11) is 0. The fourth-order valence-corrected chi connectivity index (χ4v) is 4.82. The number of likely N-dealkylation sites (tertiary alicyclic amines) is 1. The predicted octanol–water partition coefficient (Wildman–Crippen LogP) is 4.56. The van der Waals surface area contributed by atoms with Crippen LogP contribution >= 0.6 is 11.3 Å². The lowest BCUT2D eigenvalue weighted by molar-refractivity contribution is 0.0387. The van der Waals surface area contributed by atoms with E-state index in [-0.39, 0.29) is 0 Å². The highest BCUT2D eigenvalue weighted by Crippen LogP contribution is 2.22. The Bertz CT molecular complexity index is 618. The molecule has 1 aromatic carbocycles. The lowest BCUT2D eigenvalue weighted by Gasteiger charge is -2.44. The van der Waals surface area contributed by atoms with E-state index in [0.717, 1.165) is 13.1 Å². The fraction of sp³-hybridized carbons (Fsp3) is 0.545. The van der Waals surface area contributed by atoms with Gasteiger partial charge in [0.25, 0.3) is 0 Å². The van der Waals surface area contributed by atoms with Crippen molar-refractivity contribution in [3.63, 3.8) is 0 Å². The Morgan fingerprint density at radius 3 is 2.42 bits per heavy atom. The lowest BCUT2D eigenvalue weighted by atomic mass is 10.00. The molecular weight excluding hydrogens is 338 g/mol. The molecule has 0 aliphatic carbocycles. The van der Waals surface area contributed by atoms with Crippen LogP contribution in [0.3, 0.4) is 0 Å². The molecule has 0 saturated carbocycles. The second kappa shape index (κ2) is 9.65. The van der Waals surface area contributed by atoms with Gasteiger partial charge >= 0.3 is 0 Å². The quantitative estimate of drug-likeness (QED) is 0.686. The van der Waals surface area contributed by atoms with Crippen LogP contribution in [0.5, 0.6) is 0 Å². The molecule has 1 aliphatic rings. The van der Waals surface area contributed by atoms with Gasteiger partial charge < -0.3 is 0 Å². The van der Waals surface area contributed by atoms with Gasteiger partial charge in [0.1, 0.15) is 0 Å². The van der Waals surface area contributed by atoms with Crippen molar-refractivity contribution in [2.45, 2.75) is 65.0 Å². The van der Waals surface area contributed by atoms with Crippen molar-refractivity contribution in [2.24, 2.45) is 0 Å². The zero-order valence-electron chi connectivity index (χ0n) is 16.4. The molecule has 0 radical (unpaired) electrons. The number of nitrogens with zero attached hydrogens (tertiary/aromatic N) is 2. The highest BCUT2D eigenvalue weighted by atomic mass is 32.1. The van der Waals surface area contributed by atoms with Crippen molar-refractivity contribution >= 4 is 11.3 Å². The molecule has 2 heterocycles. The number of hydrogen-bond acceptors (Lipinski definition) is 4. The molecule has 0 spiro atoms. The summed E-state index contributed by atoms with van der Waals surface area (Å²) in [5.41, 5.74) is 1.43. The Morgan fingerprint density at radius 2 is 1.81 bits per heavy atom. The SMILES string of the molecule is CC(C)N(C1CCN(Cc2ccccc2)CC1)C(C)NCc1cccs1. The number of hydrogen-bond donors (Lipinski definition) is 1. The molecular formula is C22H33N3S. The van der Waals surface area contributed by atoms with Crippen LogP contribution in [0.2, 0.25) is 0 Å². The van der Waals surface area contributed by atoms with Crippen LogP contribution in [0.25, 0.3) is 0 Å². The topological polar surface area (TPSA) is 18.5 Å². The molecule has 3 rings (SSSR count). The maximum absolute atomic E-state index is 3.74. The molecule has 4 heteroatoms. The molecule has 1 unspecified atom stereocenters. The van der Waals surface area contributed by atoms with Gasteiger partial charge in [0.15, 0.2) is 0 Å². The van der Waals surface area contributed by atoms with Crippen molar-refractivity contribution < 1.29 is 0 Å². The lowest BCUT2D eigenvalue weighted by Crippen LogP contribution is -2.55. The van der Waals surface area contributed by atoms with E-state index in [1.54, 1.807) is 0 Å². The first-order valence-electron chi connectivity index (χ1n) is 9.93. The summed E-state index contributed by atoms with van der Waals surface area (Å²) in [6.07, 6.45) is 2.93. The zero-order chi connectivity index (χ0) is 18.4. The van der Waals surface area contributed by atoms with E-state index in [1.165, 1.54) is 36.4 Å². The normalized spacial score (nSPS) is 17.9. The van der Waals surface area contributed by atoms with Gasteiger partial charge in [-0.15, -0.1) is 11.3 Å². The number of benzene rings is 1. The monoisotopic (exact) mass is 371 g/mol. The highest BCUT2D eigenvalue weighted by Gasteiger charge is 2.29. The van der Waals surface area contributed by atoms with Gasteiger partial charge in [0.05, 0.1) is 6.17 Å². The van der Waals surface area contributed by atoms with Gasteiger partial charge in [-0.3, -0.25) is 15.1 Å². The van der Waals surface area contributed by atoms with E-state index in [9.17, 15) is 0 Å².